The highest BCUT2D eigenvalue weighted by molar-refractivity contribution is 6.04. The van der Waals surface area contributed by atoms with E-state index in [1.807, 2.05) is 0 Å². The monoisotopic (exact) mass is 358 g/mol. The molecule has 3 rings (SSSR count). The van der Waals surface area contributed by atoms with Crippen LogP contribution in [-0.4, -0.2) is 10.5 Å². The Hall–Kier alpha value is -3.35. The van der Waals surface area contributed by atoms with Crippen molar-refractivity contribution in [3.8, 4) is 0 Å². The number of benzene rings is 2. The number of carbonyl (C=O) groups is 1. The topological polar surface area (TPSA) is 51.1 Å². The van der Waals surface area contributed by atoms with Crippen LogP contribution in [-0.2, 0) is 6.54 Å². The molecule has 1 N–H and O–H groups in total. The second-order valence-corrected chi connectivity index (χ2v) is 5.56. The molecule has 0 unspecified atom stereocenters. The van der Waals surface area contributed by atoms with E-state index >= 15 is 0 Å². The summed E-state index contributed by atoms with van der Waals surface area (Å²) in [6, 6.07) is 11.1. The van der Waals surface area contributed by atoms with Crippen molar-refractivity contribution in [3.05, 3.63) is 99.7 Å². The minimum absolute atomic E-state index is 0.144. The first kappa shape index (κ1) is 17.5. The lowest BCUT2D eigenvalue weighted by molar-refractivity contribution is 0.102. The number of amides is 1. The van der Waals surface area contributed by atoms with E-state index in [9.17, 15) is 22.8 Å². The van der Waals surface area contributed by atoms with Gasteiger partial charge in [0.2, 0.25) is 0 Å². The van der Waals surface area contributed by atoms with Crippen LogP contribution in [0.25, 0.3) is 0 Å². The molecule has 0 fully saturated rings. The minimum atomic E-state index is -0.944. The average molecular weight is 358 g/mol. The Balaban J connectivity index is 1.85. The molecule has 1 heterocycles. The summed E-state index contributed by atoms with van der Waals surface area (Å²) < 4.78 is 40.8. The number of hydrogen-bond acceptors (Lipinski definition) is 2. The number of nitrogens with one attached hydrogen (secondary N) is 1. The van der Waals surface area contributed by atoms with Gasteiger partial charge in [0.25, 0.3) is 11.5 Å². The highest BCUT2D eigenvalue weighted by Crippen LogP contribution is 2.15. The Labute approximate surface area is 146 Å². The molecule has 0 aliphatic heterocycles. The second-order valence-electron chi connectivity index (χ2n) is 5.56. The number of aromatic nitrogens is 1. The van der Waals surface area contributed by atoms with E-state index in [1.54, 1.807) is 0 Å². The molecule has 0 aliphatic rings. The molecular weight excluding hydrogens is 345 g/mol. The van der Waals surface area contributed by atoms with Gasteiger partial charge in [-0.25, -0.2) is 13.2 Å². The Bertz CT molecular complexity index is 1010. The summed E-state index contributed by atoms with van der Waals surface area (Å²) in [5.74, 6) is -2.92. The molecule has 0 spiro atoms. The first-order valence-electron chi connectivity index (χ1n) is 7.64. The van der Waals surface area contributed by atoms with Gasteiger partial charge in [-0.3, -0.25) is 9.59 Å². The third kappa shape index (κ3) is 3.83. The van der Waals surface area contributed by atoms with E-state index in [2.05, 4.69) is 5.32 Å². The Morgan fingerprint density at radius 1 is 0.962 bits per heavy atom. The summed E-state index contributed by atoms with van der Waals surface area (Å²) in [5.41, 5.74) is -0.337. The van der Waals surface area contributed by atoms with E-state index in [0.717, 1.165) is 12.1 Å². The van der Waals surface area contributed by atoms with Crippen LogP contribution in [0.2, 0.25) is 0 Å². The lowest BCUT2D eigenvalue weighted by Crippen LogP contribution is -2.29. The summed E-state index contributed by atoms with van der Waals surface area (Å²) in [6.07, 6.45) is 1.49. The molecule has 4 nitrogen and oxygen atoms in total. The summed E-state index contributed by atoms with van der Waals surface area (Å²) in [7, 11) is 0. The lowest BCUT2D eigenvalue weighted by atomic mass is 10.2. The summed E-state index contributed by atoms with van der Waals surface area (Å²) in [4.78, 5) is 24.8. The molecule has 1 aromatic heterocycles. The Morgan fingerprint density at radius 2 is 1.65 bits per heavy atom. The van der Waals surface area contributed by atoms with Crippen LogP contribution in [0.15, 0.2) is 65.6 Å². The molecule has 1 amide bonds. The van der Waals surface area contributed by atoms with Gasteiger partial charge >= 0.3 is 0 Å². The predicted octanol–water partition coefficient (Wildman–Crippen LogP) is 3.57. The normalized spacial score (nSPS) is 10.6. The first-order chi connectivity index (χ1) is 12.4. The van der Waals surface area contributed by atoms with Crippen LogP contribution < -0.4 is 10.9 Å². The highest BCUT2D eigenvalue weighted by Gasteiger charge is 2.14. The molecule has 0 saturated carbocycles. The molecule has 0 saturated heterocycles. The molecule has 0 radical (unpaired) electrons. The molecule has 0 atom stereocenters. The van der Waals surface area contributed by atoms with Crippen molar-refractivity contribution >= 4 is 11.6 Å². The van der Waals surface area contributed by atoms with Gasteiger partial charge < -0.3 is 9.88 Å². The predicted molar refractivity (Wildman–Crippen MR) is 90.5 cm³/mol. The molecule has 7 heteroatoms. The standard InChI is InChI=1S/C19H13F3N2O2/c20-13-5-3-12(4-6-13)11-24-9-1-2-15(19(24)26)18(25)23-17-8-7-14(21)10-16(17)22/h1-10H,11H2,(H,23,25). The maximum absolute atomic E-state index is 13.7. The van der Waals surface area contributed by atoms with E-state index in [-0.39, 0.29) is 17.8 Å². The molecule has 2 aromatic carbocycles. The molecule has 0 bridgehead atoms. The Morgan fingerprint density at radius 3 is 2.35 bits per heavy atom. The van der Waals surface area contributed by atoms with Gasteiger partial charge in [0, 0.05) is 12.3 Å². The van der Waals surface area contributed by atoms with Gasteiger partial charge in [-0.2, -0.15) is 0 Å². The minimum Gasteiger partial charge on any atom is -0.319 e. The van der Waals surface area contributed by atoms with Gasteiger partial charge in [-0.05, 0) is 42.0 Å². The van der Waals surface area contributed by atoms with Gasteiger partial charge in [0.05, 0.1) is 12.2 Å². The number of halogens is 3. The van der Waals surface area contributed by atoms with Gasteiger partial charge in [-0.15, -0.1) is 0 Å². The highest BCUT2D eigenvalue weighted by atomic mass is 19.1. The van der Waals surface area contributed by atoms with Crippen molar-refractivity contribution in [3.63, 3.8) is 0 Å². The largest absolute Gasteiger partial charge is 0.319 e. The summed E-state index contributed by atoms with van der Waals surface area (Å²) in [6.45, 7) is 0.144. The van der Waals surface area contributed by atoms with Crippen molar-refractivity contribution in [2.45, 2.75) is 6.54 Å². The average Bonchev–Trinajstić information content (AvgIpc) is 2.61. The van der Waals surface area contributed by atoms with Crippen LogP contribution >= 0.6 is 0 Å². The van der Waals surface area contributed by atoms with Gasteiger partial charge in [-0.1, -0.05) is 12.1 Å². The van der Waals surface area contributed by atoms with Crippen molar-refractivity contribution < 1.29 is 18.0 Å². The third-order valence-corrected chi connectivity index (χ3v) is 3.71. The summed E-state index contributed by atoms with van der Waals surface area (Å²) >= 11 is 0. The van der Waals surface area contributed by atoms with E-state index in [1.165, 1.54) is 47.2 Å². The van der Waals surface area contributed by atoms with E-state index < -0.39 is 28.9 Å². The fourth-order valence-electron chi connectivity index (χ4n) is 2.40. The molecule has 26 heavy (non-hydrogen) atoms. The van der Waals surface area contributed by atoms with Crippen LogP contribution in [0.5, 0.6) is 0 Å². The molecular formula is C19H13F3N2O2. The molecule has 3 aromatic rings. The van der Waals surface area contributed by atoms with Gasteiger partial charge in [0.15, 0.2) is 0 Å². The Kier molecular flexibility index (Phi) is 4.88. The number of anilines is 1. The maximum Gasteiger partial charge on any atom is 0.263 e. The number of hydrogen-bond donors (Lipinski definition) is 1. The number of nitrogens with zero attached hydrogens (tertiary/aromatic N) is 1. The van der Waals surface area contributed by atoms with Crippen LogP contribution in [0.3, 0.4) is 0 Å². The maximum atomic E-state index is 13.7. The third-order valence-electron chi connectivity index (χ3n) is 3.71. The van der Waals surface area contributed by atoms with Gasteiger partial charge in [0.1, 0.15) is 23.0 Å². The fraction of sp³-hybridized carbons (Fsp3) is 0.0526. The van der Waals surface area contributed by atoms with E-state index in [4.69, 9.17) is 0 Å². The quantitative estimate of drug-likeness (QED) is 0.775. The number of carbonyl (C=O) groups excluding carboxylic acids is 1. The molecule has 0 aliphatic carbocycles. The lowest BCUT2D eigenvalue weighted by Gasteiger charge is -2.09. The first-order valence-corrected chi connectivity index (χ1v) is 7.64. The van der Waals surface area contributed by atoms with E-state index in [0.29, 0.717) is 11.6 Å². The van der Waals surface area contributed by atoms with Crippen molar-refractivity contribution in [1.82, 2.24) is 4.57 Å². The second kappa shape index (κ2) is 7.26. The van der Waals surface area contributed by atoms with Crippen molar-refractivity contribution in [1.29, 1.82) is 0 Å². The molecule has 132 valence electrons. The zero-order chi connectivity index (χ0) is 18.7. The van der Waals surface area contributed by atoms with Crippen LogP contribution in [0.1, 0.15) is 15.9 Å². The van der Waals surface area contributed by atoms with Crippen LogP contribution in [0.4, 0.5) is 18.9 Å². The smallest absolute Gasteiger partial charge is 0.263 e. The number of rotatable bonds is 4. The van der Waals surface area contributed by atoms with Crippen molar-refractivity contribution in [2.75, 3.05) is 5.32 Å². The number of pyridine rings is 1. The fourth-order valence-corrected chi connectivity index (χ4v) is 2.40. The zero-order valence-corrected chi connectivity index (χ0v) is 13.4. The SMILES string of the molecule is O=C(Nc1ccc(F)cc1F)c1cccn(Cc2ccc(F)cc2)c1=O. The zero-order valence-electron chi connectivity index (χ0n) is 13.4. The van der Waals surface area contributed by atoms with Crippen LogP contribution in [0, 0.1) is 17.5 Å². The van der Waals surface area contributed by atoms with Crippen molar-refractivity contribution in [2.24, 2.45) is 0 Å². The summed E-state index contributed by atoms with van der Waals surface area (Å²) in [5, 5.41) is 2.25.